The third-order valence-corrected chi connectivity index (χ3v) is 5.14. The van der Waals surface area contributed by atoms with Gasteiger partial charge < -0.3 is 19.1 Å². The molecule has 1 atom stereocenters. The van der Waals surface area contributed by atoms with Gasteiger partial charge in [-0.15, -0.1) is 6.42 Å². The van der Waals surface area contributed by atoms with Crippen molar-refractivity contribution in [1.82, 2.24) is 19.9 Å². The summed E-state index contributed by atoms with van der Waals surface area (Å²) < 4.78 is 17.4. The fraction of sp³-hybridized carbons (Fsp3) is 0.333. The molecule has 2 aromatic heterocycles. The Morgan fingerprint density at radius 1 is 1.24 bits per heavy atom. The summed E-state index contributed by atoms with van der Waals surface area (Å²) in [5.74, 6) is 3.64. The van der Waals surface area contributed by atoms with Crippen LogP contribution in [0.3, 0.4) is 0 Å². The maximum Gasteiger partial charge on any atom is 0.410 e. The van der Waals surface area contributed by atoms with E-state index >= 15 is 0 Å². The third-order valence-electron chi connectivity index (χ3n) is 4.81. The second-order valence-corrected chi connectivity index (χ2v) is 8.95. The second-order valence-electron chi connectivity index (χ2n) is 8.54. The van der Waals surface area contributed by atoms with Gasteiger partial charge in [0.05, 0.1) is 17.1 Å². The van der Waals surface area contributed by atoms with E-state index in [-0.39, 0.29) is 18.1 Å². The van der Waals surface area contributed by atoms with E-state index in [0.717, 1.165) is 0 Å². The van der Waals surface area contributed by atoms with Crippen LogP contribution in [0.15, 0.2) is 36.7 Å². The van der Waals surface area contributed by atoms with E-state index in [1.807, 2.05) is 20.8 Å². The molecule has 3 aromatic rings. The topological polar surface area (TPSA) is 86.7 Å². The van der Waals surface area contributed by atoms with Gasteiger partial charge in [-0.1, -0.05) is 17.5 Å². The van der Waals surface area contributed by atoms with E-state index in [2.05, 4.69) is 20.9 Å². The van der Waals surface area contributed by atoms with E-state index in [1.54, 1.807) is 35.2 Å². The molecule has 1 aromatic carbocycles. The van der Waals surface area contributed by atoms with Crippen molar-refractivity contribution in [2.75, 3.05) is 13.1 Å². The van der Waals surface area contributed by atoms with Crippen molar-refractivity contribution in [2.24, 2.45) is 0 Å². The number of hydrogen-bond donors (Lipinski definition) is 0. The van der Waals surface area contributed by atoms with Crippen LogP contribution in [0.1, 0.15) is 32.8 Å². The van der Waals surface area contributed by atoms with Crippen molar-refractivity contribution in [3.63, 3.8) is 0 Å². The summed E-state index contributed by atoms with van der Waals surface area (Å²) in [6.07, 6.45) is 7.00. The average Bonchev–Trinajstić information content (AvgIpc) is 3.23. The van der Waals surface area contributed by atoms with Gasteiger partial charge in [0.15, 0.2) is 5.52 Å². The molecule has 1 amide bonds. The van der Waals surface area contributed by atoms with E-state index in [1.165, 1.54) is 6.33 Å². The standard InChI is InChI=1S/C24H23ClN4O4/c1-5-15-12-16(6-7-18(15)25)32-22-21-19(26-14-27-22)8-9-20(28-21)31-17-10-11-29(13-17)23(30)33-24(2,3)4/h1,6-9,12,14,17H,10-11,13H2,2-4H3/t17-/m0/s1. The van der Waals surface area contributed by atoms with Crippen LogP contribution >= 0.6 is 11.6 Å². The number of amides is 1. The molecule has 1 fully saturated rings. The van der Waals surface area contributed by atoms with Crippen LogP contribution in [0.4, 0.5) is 4.79 Å². The Morgan fingerprint density at radius 2 is 2.06 bits per heavy atom. The van der Waals surface area contributed by atoms with E-state index in [9.17, 15) is 4.79 Å². The molecule has 0 radical (unpaired) electrons. The fourth-order valence-electron chi connectivity index (χ4n) is 3.32. The molecule has 33 heavy (non-hydrogen) atoms. The minimum Gasteiger partial charge on any atom is -0.472 e. The molecule has 0 unspecified atom stereocenters. The highest BCUT2D eigenvalue weighted by Gasteiger charge is 2.31. The minimum absolute atomic E-state index is 0.203. The highest BCUT2D eigenvalue weighted by atomic mass is 35.5. The Kier molecular flexibility index (Phi) is 6.25. The Morgan fingerprint density at radius 3 is 2.82 bits per heavy atom. The van der Waals surface area contributed by atoms with E-state index in [0.29, 0.717) is 52.8 Å². The van der Waals surface area contributed by atoms with Gasteiger partial charge in [0.1, 0.15) is 23.8 Å². The number of carbonyl (C=O) groups is 1. The molecule has 8 nitrogen and oxygen atoms in total. The molecular weight excluding hydrogens is 444 g/mol. The number of rotatable bonds is 4. The minimum atomic E-state index is -0.544. The molecule has 0 saturated carbocycles. The Labute approximate surface area is 196 Å². The summed E-state index contributed by atoms with van der Waals surface area (Å²) in [6, 6.07) is 8.52. The van der Waals surface area contributed by atoms with Gasteiger partial charge in [-0.25, -0.2) is 14.8 Å². The van der Waals surface area contributed by atoms with Crippen molar-refractivity contribution in [3.8, 4) is 29.9 Å². The van der Waals surface area contributed by atoms with Crippen molar-refractivity contribution in [2.45, 2.75) is 38.9 Å². The molecule has 0 N–H and O–H groups in total. The summed E-state index contributed by atoms with van der Waals surface area (Å²) in [7, 11) is 0. The number of aromatic nitrogens is 3. The first kappa shape index (κ1) is 22.6. The summed E-state index contributed by atoms with van der Waals surface area (Å²) in [5, 5.41) is 0.461. The molecule has 170 valence electrons. The number of hydrogen-bond acceptors (Lipinski definition) is 7. The zero-order valence-electron chi connectivity index (χ0n) is 18.5. The molecule has 1 aliphatic heterocycles. The highest BCUT2D eigenvalue weighted by Crippen LogP contribution is 2.30. The van der Waals surface area contributed by atoms with Crippen LogP contribution in [0.25, 0.3) is 11.0 Å². The van der Waals surface area contributed by atoms with Gasteiger partial charge in [-0.3, -0.25) is 0 Å². The molecule has 0 spiro atoms. The predicted octanol–water partition coefficient (Wildman–Crippen LogP) is 4.84. The van der Waals surface area contributed by atoms with Gasteiger partial charge in [0, 0.05) is 24.6 Å². The SMILES string of the molecule is C#Cc1cc(Oc2ncnc3ccc(O[C@H]4CCN(C(=O)OC(C)(C)C)C4)nc23)ccc1Cl. The number of ether oxygens (including phenoxy) is 3. The molecule has 4 rings (SSSR count). The van der Waals surface area contributed by atoms with Crippen LogP contribution in [0, 0.1) is 12.3 Å². The number of likely N-dealkylation sites (tertiary alicyclic amines) is 1. The van der Waals surface area contributed by atoms with Crippen LogP contribution in [-0.4, -0.2) is 50.7 Å². The summed E-state index contributed by atoms with van der Waals surface area (Å²) in [6.45, 7) is 6.49. The third kappa shape index (κ3) is 5.44. The first-order chi connectivity index (χ1) is 15.7. The van der Waals surface area contributed by atoms with Gasteiger partial charge in [0.25, 0.3) is 0 Å². The zero-order chi connectivity index (χ0) is 23.6. The molecule has 0 aliphatic carbocycles. The van der Waals surface area contributed by atoms with Crippen LogP contribution in [0.5, 0.6) is 17.5 Å². The Balaban J connectivity index is 1.50. The lowest BCUT2D eigenvalue weighted by molar-refractivity contribution is 0.0275. The summed E-state index contributed by atoms with van der Waals surface area (Å²) in [5.41, 5.74) is 1.01. The van der Waals surface area contributed by atoms with Gasteiger partial charge in [-0.05, 0) is 45.0 Å². The number of terminal acetylenes is 1. The average molecular weight is 467 g/mol. The molecule has 3 heterocycles. The fourth-order valence-corrected chi connectivity index (χ4v) is 3.49. The Hall–Kier alpha value is -3.57. The molecular formula is C24H23ClN4O4. The molecule has 0 bridgehead atoms. The number of fused-ring (bicyclic) bond motifs is 1. The zero-order valence-corrected chi connectivity index (χ0v) is 19.3. The second kappa shape index (κ2) is 9.12. The number of carbonyl (C=O) groups excluding carboxylic acids is 1. The number of halogens is 1. The molecule has 1 saturated heterocycles. The van der Waals surface area contributed by atoms with Crippen molar-refractivity contribution >= 4 is 28.7 Å². The first-order valence-corrected chi connectivity index (χ1v) is 10.8. The highest BCUT2D eigenvalue weighted by molar-refractivity contribution is 6.31. The summed E-state index contributed by atoms with van der Waals surface area (Å²) in [4.78, 5) is 26.9. The number of benzene rings is 1. The lowest BCUT2D eigenvalue weighted by Gasteiger charge is -2.24. The van der Waals surface area contributed by atoms with Gasteiger partial charge in [0.2, 0.25) is 11.8 Å². The Bertz CT molecular complexity index is 1240. The first-order valence-electron chi connectivity index (χ1n) is 10.4. The van der Waals surface area contributed by atoms with E-state index in [4.69, 9.17) is 32.2 Å². The van der Waals surface area contributed by atoms with Crippen molar-refractivity contribution < 1.29 is 19.0 Å². The van der Waals surface area contributed by atoms with Crippen LogP contribution in [-0.2, 0) is 4.74 Å². The largest absolute Gasteiger partial charge is 0.472 e. The van der Waals surface area contributed by atoms with Crippen LogP contribution < -0.4 is 9.47 Å². The normalized spacial score (nSPS) is 15.8. The summed E-state index contributed by atoms with van der Waals surface area (Å²) >= 11 is 6.07. The van der Waals surface area contributed by atoms with E-state index < -0.39 is 5.60 Å². The monoisotopic (exact) mass is 466 g/mol. The maximum absolute atomic E-state index is 12.3. The molecule has 1 aliphatic rings. The van der Waals surface area contributed by atoms with Gasteiger partial charge in [-0.2, -0.15) is 4.98 Å². The van der Waals surface area contributed by atoms with Crippen molar-refractivity contribution in [3.05, 3.63) is 47.2 Å². The lowest BCUT2D eigenvalue weighted by atomic mass is 10.2. The lowest BCUT2D eigenvalue weighted by Crippen LogP contribution is -2.36. The number of nitrogens with zero attached hydrogens (tertiary/aromatic N) is 4. The van der Waals surface area contributed by atoms with Crippen LogP contribution in [0.2, 0.25) is 5.02 Å². The molecule has 9 heteroatoms. The van der Waals surface area contributed by atoms with Gasteiger partial charge >= 0.3 is 6.09 Å². The quantitative estimate of drug-likeness (QED) is 0.508. The smallest absolute Gasteiger partial charge is 0.410 e. The predicted molar refractivity (Wildman–Crippen MR) is 124 cm³/mol. The van der Waals surface area contributed by atoms with Crippen molar-refractivity contribution in [1.29, 1.82) is 0 Å². The maximum atomic E-state index is 12.3. The number of pyridine rings is 1.